The van der Waals surface area contributed by atoms with Gasteiger partial charge in [0.05, 0.1) is 12.7 Å². The van der Waals surface area contributed by atoms with Crippen molar-refractivity contribution < 1.29 is 9.53 Å². The molecule has 0 spiro atoms. The minimum Gasteiger partial charge on any atom is -0.465 e. The molecule has 0 aliphatic heterocycles. The number of carbonyl (C=O) groups is 1. The fourth-order valence-electron chi connectivity index (χ4n) is 0.848. The van der Waals surface area contributed by atoms with E-state index < -0.39 is 0 Å². The van der Waals surface area contributed by atoms with Gasteiger partial charge in [-0.1, -0.05) is 34.7 Å². The zero-order chi connectivity index (χ0) is 8.97. The number of methoxy groups -OCH3 is 1. The van der Waals surface area contributed by atoms with Gasteiger partial charge in [0.2, 0.25) is 0 Å². The summed E-state index contributed by atoms with van der Waals surface area (Å²) < 4.78 is 5.53. The molecule has 2 nitrogen and oxygen atoms in total. The quantitative estimate of drug-likeness (QED) is 0.471. The third-order valence-corrected chi connectivity index (χ3v) is 2.41. The Labute approximate surface area is 85.1 Å². The minimum absolute atomic E-state index is 0.282. The Hall–Kier alpha value is -0.580. The van der Waals surface area contributed by atoms with Crippen molar-refractivity contribution >= 4 is 28.6 Å². The molecule has 0 heterocycles. The van der Waals surface area contributed by atoms with Crippen LogP contribution in [-0.2, 0) is 9.16 Å². The van der Waals surface area contributed by atoms with Gasteiger partial charge in [0.1, 0.15) is 0 Å². The SMILES string of the molecule is COC(=O)c1ccc(CI)cc1. The standard InChI is InChI=1S/C9H9IO2/c1-12-9(11)8-4-2-7(6-10)3-5-8/h2-5H,6H2,1H3. The number of hydrogen-bond acceptors (Lipinski definition) is 2. The van der Waals surface area contributed by atoms with E-state index in [1.807, 2.05) is 12.1 Å². The summed E-state index contributed by atoms with van der Waals surface area (Å²) in [6, 6.07) is 7.41. The van der Waals surface area contributed by atoms with Crippen molar-refractivity contribution in [2.24, 2.45) is 0 Å². The highest BCUT2D eigenvalue weighted by atomic mass is 127. The van der Waals surface area contributed by atoms with Crippen LogP contribution in [0.5, 0.6) is 0 Å². The number of carbonyl (C=O) groups excluding carboxylic acids is 1. The van der Waals surface area contributed by atoms with E-state index >= 15 is 0 Å². The predicted molar refractivity (Wildman–Crippen MR) is 55.5 cm³/mol. The fraction of sp³-hybridized carbons (Fsp3) is 0.222. The summed E-state index contributed by atoms with van der Waals surface area (Å²) in [6.07, 6.45) is 0. The van der Waals surface area contributed by atoms with Gasteiger partial charge in [-0.05, 0) is 17.7 Å². The average Bonchev–Trinajstić information content (AvgIpc) is 2.17. The summed E-state index contributed by atoms with van der Waals surface area (Å²) in [5.41, 5.74) is 1.81. The molecular formula is C9H9IO2. The van der Waals surface area contributed by atoms with Crippen LogP contribution < -0.4 is 0 Å². The van der Waals surface area contributed by atoms with Crippen molar-refractivity contribution in [3.63, 3.8) is 0 Å². The van der Waals surface area contributed by atoms with E-state index in [0.29, 0.717) is 5.56 Å². The smallest absolute Gasteiger partial charge is 0.337 e. The van der Waals surface area contributed by atoms with Crippen molar-refractivity contribution in [3.8, 4) is 0 Å². The number of rotatable bonds is 2. The lowest BCUT2D eigenvalue weighted by molar-refractivity contribution is 0.0601. The Morgan fingerprint density at radius 3 is 2.42 bits per heavy atom. The first-order valence-corrected chi connectivity index (χ1v) is 5.03. The van der Waals surface area contributed by atoms with E-state index in [2.05, 4.69) is 27.3 Å². The van der Waals surface area contributed by atoms with E-state index in [1.165, 1.54) is 12.7 Å². The summed E-state index contributed by atoms with van der Waals surface area (Å²) >= 11 is 2.28. The normalized spacial score (nSPS) is 9.50. The molecule has 0 N–H and O–H groups in total. The number of halogens is 1. The second kappa shape index (κ2) is 4.45. The highest BCUT2D eigenvalue weighted by Gasteiger charge is 2.02. The monoisotopic (exact) mass is 276 g/mol. The van der Waals surface area contributed by atoms with E-state index in [4.69, 9.17) is 0 Å². The number of ether oxygens (including phenoxy) is 1. The lowest BCUT2D eigenvalue weighted by atomic mass is 10.2. The second-order valence-corrected chi connectivity index (χ2v) is 3.08. The van der Waals surface area contributed by atoms with Crippen LogP contribution in [0.3, 0.4) is 0 Å². The Morgan fingerprint density at radius 1 is 1.42 bits per heavy atom. The second-order valence-electron chi connectivity index (χ2n) is 2.32. The third kappa shape index (κ3) is 2.20. The van der Waals surface area contributed by atoms with Crippen LogP contribution in [0.15, 0.2) is 24.3 Å². The van der Waals surface area contributed by atoms with Gasteiger partial charge in [0.25, 0.3) is 0 Å². The Kier molecular flexibility index (Phi) is 3.52. The van der Waals surface area contributed by atoms with Crippen molar-refractivity contribution in [1.82, 2.24) is 0 Å². The first kappa shape index (κ1) is 9.51. The Morgan fingerprint density at radius 2 is 2.00 bits per heavy atom. The van der Waals surface area contributed by atoms with Crippen LogP contribution in [0.4, 0.5) is 0 Å². The van der Waals surface area contributed by atoms with Crippen LogP contribution in [0.1, 0.15) is 15.9 Å². The minimum atomic E-state index is -0.282. The van der Waals surface area contributed by atoms with Crippen LogP contribution in [0.2, 0.25) is 0 Å². The zero-order valence-electron chi connectivity index (χ0n) is 6.71. The van der Waals surface area contributed by atoms with Gasteiger partial charge >= 0.3 is 5.97 Å². The van der Waals surface area contributed by atoms with E-state index in [0.717, 1.165) is 4.43 Å². The van der Waals surface area contributed by atoms with Gasteiger partial charge < -0.3 is 4.74 Å². The molecule has 0 aromatic heterocycles. The molecule has 0 radical (unpaired) electrons. The molecular weight excluding hydrogens is 267 g/mol. The van der Waals surface area contributed by atoms with Gasteiger partial charge in [-0.2, -0.15) is 0 Å². The van der Waals surface area contributed by atoms with Gasteiger partial charge in [0, 0.05) is 4.43 Å². The molecule has 0 bridgehead atoms. The van der Waals surface area contributed by atoms with Crippen LogP contribution in [0, 0.1) is 0 Å². The number of alkyl halides is 1. The molecule has 0 amide bonds. The zero-order valence-corrected chi connectivity index (χ0v) is 8.87. The number of hydrogen-bond donors (Lipinski definition) is 0. The van der Waals surface area contributed by atoms with Crippen molar-refractivity contribution in [2.75, 3.05) is 7.11 Å². The molecule has 0 saturated heterocycles. The predicted octanol–water partition coefficient (Wildman–Crippen LogP) is 2.41. The molecule has 1 aromatic carbocycles. The first-order chi connectivity index (χ1) is 5.77. The van der Waals surface area contributed by atoms with E-state index in [-0.39, 0.29) is 5.97 Å². The van der Waals surface area contributed by atoms with Crippen molar-refractivity contribution in [2.45, 2.75) is 4.43 Å². The summed E-state index contributed by atoms with van der Waals surface area (Å²) in [7, 11) is 1.38. The molecule has 0 fully saturated rings. The van der Waals surface area contributed by atoms with Crippen molar-refractivity contribution in [1.29, 1.82) is 0 Å². The lowest BCUT2D eigenvalue weighted by Gasteiger charge is -1.99. The highest BCUT2D eigenvalue weighted by Crippen LogP contribution is 2.08. The third-order valence-electron chi connectivity index (χ3n) is 1.53. The van der Waals surface area contributed by atoms with Crippen molar-refractivity contribution in [3.05, 3.63) is 35.4 Å². The molecule has 1 rings (SSSR count). The van der Waals surface area contributed by atoms with Gasteiger partial charge in [0.15, 0.2) is 0 Å². The first-order valence-electron chi connectivity index (χ1n) is 3.51. The molecule has 0 unspecified atom stereocenters. The Balaban J connectivity index is 2.84. The average molecular weight is 276 g/mol. The topological polar surface area (TPSA) is 26.3 Å². The molecule has 0 saturated carbocycles. The number of benzene rings is 1. The molecule has 0 aliphatic rings. The lowest BCUT2D eigenvalue weighted by Crippen LogP contribution is -2.00. The van der Waals surface area contributed by atoms with E-state index in [9.17, 15) is 4.79 Å². The van der Waals surface area contributed by atoms with Crippen LogP contribution >= 0.6 is 22.6 Å². The maximum Gasteiger partial charge on any atom is 0.337 e. The summed E-state index contributed by atoms with van der Waals surface area (Å²) in [5, 5.41) is 0. The van der Waals surface area contributed by atoms with E-state index in [1.54, 1.807) is 12.1 Å². The molecule has 0 atom stereocenters. The Bertz CT molecular complexity index is 266. The van der Waals surface area contributed by atoms with Crippen LogP contribution in [0.25, 0.3) is 0 Å². The summed E-state index contributed by atoms with van der Waals surface area (Å²) in [4.78, 5) is 11.0. The summed E-state index contributed by atoms with van der Waals surface area (Å²) in [5.74, 6) is -0.282. The fourth-order valence-corrected chi connectivity index (χ4v) is 1.36. The van der Waals surface area contributed by atoms with Gasteiger partial charge in [-0.15, -0.1) is 0 Å². The van der Waals surface area contributed by atoms with Gasteiger partial charge in [-0.25, -0.2) is 4.79 Å². The molecule has 64 valence electrons. The molecule has 12 heavy (non-hydrogen) atoms. The molecule has 3 heteroatoms. The molecule has 0 aliphatic carbocycles. The highest BCUT2D eigenvalue weighted by molar-refractivity contribution is 14.1. The van der Waals surface area contributed by atoms with Gasteiger partial charge in [-0.3, -0.25) is 0 Å². The molecule has 1 aromatic rings. The largest absolute Gasteiger partial charge is 0.465 e. The summed E-state index contributed by atoms with van der Waals surface area (Å²) in [6.45, 7) is 0. The maximum atomic E-state index is 11.0. The number of esters is 1. The van der Waals surface area contributed by atoms with Crippen LogP contribution in [-0.4, -0.2) is 13.1 Å². The maximum absolute atomic E-state index is 11.0.